The monoisotopic (exact) mass is 356 g/mol. The number of rotatable bonds is 5. The van der Waals surface area contributed by atoms with Gasteiger partial charge in [0, 0.05) is 20.0 Å². The fraction of sp³-hybridized carbons (Fsp3) is 0.526. The number of ether oxygens (including phenoxy) is 1. The topological polar surface area (TPSA) is 80.5 Å². The zero-order chi connectivity index (χ0) is 18.1. The van der Waals surface area contributed by atoms with E-state index < -0.39 is 5.60 Å². The Balaban J connectivity index is 1.50. The molecule has 1 saturated carbocycles. The molecule has 1 aromatic carbocycles. The standard InChI is InChI=1S/C19H24N4O3/c1-22-13-20-21-17(22)11-19(25)9-4-10-23(12-19)18(24)15-5-2-3-6-16(15)26-14-7-8-14/h2-3,5-6,13-14,25H,4,7-12H2,1H3. The van der Waals surface area contributed by atoms with Crippen molar-refractivity contribution in [1.82, 2.24) is 19.7 Å². The van der Waals surface area contributed by atoms with Gasteiger partial charge in [-0.3, -0.25) is 4.79 Å². The van der Waals surface area contributed by atoms with E-state index >= 15 is 0 Å². The van der Waals surface area contributed by atoms with Crippen LogP contribution in [0.4, 0.5) is 0 Å². The minimum absolute atomic E-state index is 0.0858. The van der Waals surface area contributed by atoms with E-state index in [9.17, 15) is 9.90 Å². The summed E-state index contributed by atoms with van der Waals surface area (Å²) in [6, 6.07) is 7.38. The SMILES string of the molecule is Cn1cnnc1CC1(O)CCCN(C(=O)c2ccccc2OC2CC2)C1. The molecule has 1 unspecified atom stereocenters. The zero-order valence-corrected chi connectivity index (χ0v) is 15.0. The third-order valence-corrected chi connectivity index (χ3v) is 5.07. The van der Waals surface area contributed by atoms with Crippen molar-refractivity contribution in [2.24, 2.45) is 7.05 Å². The molecule has 0 radical (unpaired) electrons. The van der Waals surface area contributed by atoms with Crippen molar-refractivity contribution in [1.29, 1.82) is 0 Å². The molecule has 1 aliphatic heterocycles. The summed E-state index contributed by atoms with van der Waals surface area (Å²) in [6.45, 7) is 0.925. The molecule has 7 heteroatoms. The first-order valence-corrected chi connectivity index (χ1v) is 9.14. The van der Waals surface area contributed by atoms with Gasteiger partial charge in [0.2, 0.25) is 0 Å². The number of likely N-dealkylation sites (tertiary alicyclic amines) is 1. The molecular formula is C19H24N4O3. The molecule has 1 N–H and O–H groups in total. The molecule has 1 aromatic heterocycles. The Hall–Kier alpha value is -2.41. The average Bonchev–Trinajstić information content (AvgIpc) is 3.36. The number of aryl methyl sites for hydroxylation is 1. The molecule has 2 aromatic rings. The lowest BCUT2D eigenvalue weighted by molar-refractivity contribution is -0.0259. The highest BCUT2D eigenvalue weighted by molar-refractivity contribution is 5.97. The highest BCUT2D eigenvalue weighted by atomic mass is 16.5. The number of hydrogen-bond donors (Lipinski definition) is 1. The molecule has 0 bridgehead atoms. The number of aromatic nitrogens is 3. The predicted molar refractivity (Wildman–Crippen MR) is 94.9 cm³/mol. The van der Waals surface area contributed by atoms with Crippen LogP contribution in [-0.4, -0.2) is 55.5 Å². The van der Waals surface area contributed by atoms with E-state index in [-0.39, 0.29) is 18.6 Å². The van der Waals surface area contributed by atoms with Crippen LogP contribution in [0.25, 0.3) is 0 Å². The molecule has 1 aliphatic carbocycles. The number of hydrogen-bond acceptors (Lipinski definition) is 5. The third-order valence-electron chi connectivity index (χ3n) is 5.07. The molecule has 1 saturated heterocycles. The van der Waals surface area contributed by atoms with E-state index in [1.165, 1.54) is 0 Å². The van der Waals surface area contributed by atoms with Crippen LogP contribution in [0.1, 0.15) is 41.9 Å². The van der Waals surface area contributed by atoms with Crippen molar-refractivity contribution in [3.8, 4) is 5.75 Å². The van der Waals surface area contributed by atoms with Crippen LogP contribution in [0.5, 0.6) is 5.75 Å². The molecule has 4 rings (SSSR count). The average molecular weight is 356 g/mol. The van der Waals surface area contributed by atoms with Crippen LogP contribution in [0.3, 0.4) is 0 Å². The smallest absolute Gasteiger partial charge is 0.257 e. The Kier molecular flexibility index (Phi) is 4.40. The van der Waals surface area contributed by atoms with E-state index in [0.717, 1.165) is 25.1 Å². The predicted octanol–water partition coefficient (Wildman–Crippen LogP) is 1.57. The highest BCUT2D eigenvalue weighted by Gasteiger charge is 2.37. The maximum absolute atomic E-state index is 13.1. The lowest BCUT2D eigenvalue weighted by Gasteiger charge is -2.39. The van der Waals surface area contributed by atoms with Crippen LogP contribution >= 0.6 is 0 Å². The van der Waals surface area contributed by atoms with Gasteiger partial charge in [-0.25, -0.2) is 0 Å². The molecule has 2 fully saturated rings. The number of amides is 1. The number of carbonyl (C=O) groups is 1. The van der Waals surface area contributed by atoms with E-state index in [1.807, 2.05) is 25.2 Å². The summed E-state index contributed by atoms with van der Waals surface area (Å²) in [6.07, 6.45) is 5.73. The Morgan fingerprint density at radius 1 is 1.38 bits per heavy atom. The number of carbonyl (C=O) groups excluding carboxylic acids is 1. The molecular weight excluding hydrogens is 332 g/mol. The molecule has 1 amide bonds. The van der Waals surface area contributed by atoms with Gasteiger partial charge in [-0.2, -0.15) is 0 Å². The molecule has 0 spiro atoms. The van der Waals surface area contributed by atoms with Gasteiger partial charge in [-0.1, -0.05) is 12.1 Å². The third kappa shape index (κ3) is 3.58. The van der Waals surface area contributed by atoms with Crippen molar-refractivity contribution >= 4 is 5.91 Å². The van der Waals surface area contributed by atoms with Crippen molar-refractivity contribution in [3.63, 3.8) is 0 Å². The fourth-order valence-electron chi connectivity index (χ4n) is 3.47. The Bertz CT molecular complexity index is 802. The van der Waals surface area contributed by atoms with Gasteiger partial charge in [0.15, 0.2) is 0 Å². The van der Waals surface area contributed by atoms with Crippen LogP contribution in [0, 0.1) is 0 Å². The second-order valence-corrected chi connectivity index (χ2v) is 7.40. The van der Waals surface area contributed by atoms with Gasteiger partial charge in [-0.05, 0) is 37.8 Å². The summed E-state index contributed by atoms with van der Waals surface area (Å²) in [5, 5.41) is 19.0. The fourth-order valence-corrected chi connectivity index (χ4v) is 3.47. The number of piperidine rings is 1. The molecule has 1 atom stereocenters. The normalized spacial score (nSPS) is 23.1. The van der Waals surface area contributed by atoms with E-state index in [4.69, 9.17) is 4.74 Å². The van der Waals surface area contributed by atoms with Gasteiger partial charge in [0.1, 0.15) is 17.9 Å². The van der Waals surface area contributed by atoms with Crippen LogP contribution < -0.4 is 4.74 Å². The quantitative estimate of drug-likeness (QED) is 0.879. The van der Waals surface area contributed by atoms with Crippen LogP contribution in [-0.2, 0) is 13.5 Å². The molecule has 7 nitrogen and oxygen atoms in total. The first-order valence-electron chi connectivity index (χ1n) is 9.14. The van der Waals surface area contributed by atoms with E-state index in [1.54, 1.807) is 21.9 Å². The maximum atomic E-state index is 13.1. The van der Waals surface area contributed by atoms with Crippen molar-refractivity contribution in [2.75, 3.05) is 13.1 Å². The second-order valence-electron chi connectivity index (χ2n) is 7.40. The number of para-hydroxylation sites is 1. The summed E-state index contributed by atoms with van der Waals surface area (Å²) in [7, 11) is 1.86. The zero-order valence-electron chi connectivity index (χ0n) is 15.0. The summed E-state index contributed by atoms with van der Waals surface area (Å²) in [5.74, 6) is 1.28. The van der Waals surface area contributed by atoms with Crippen molar-refractivity contribution in [3.05, 3.63) is 42.0 Å². The van der Waals surface area contributed by atoms with Crippen molar-refractivity contribution in [2.45, 2.75) is 43.8 Å². The lowest BCUT2D eigenvalue weighted by atomic mass is 9.89. The van der Waals surface area contributed by atoms with Gasteiger partial charge in [0.05, 0.1) is 23.8 Å². The van der Waals surface area contributed by atoms with Crippen LogP contribution in [0.2, 0.25) is 0 Å². The van der Waals surface area contributed by atoms with E-state index in [2.05, 4.69) is 10.2 Å². The molecule has 138 valence electrons. The number of nitrogens with zero attached hydrogens (tertiary/aromatic N) is 4. The van der Waals surface area contributed by atoms with E-state index in [0.29, 0.717) is 30.7 Å². The summed E-state index contributed by atoms with van der Waals surface area (Å²) in [5.41, 5.74) is -0.414. The summed E-state index contributed by atoms with van der Waals surface area (Å²) in [4.78, 5) is 14.8. The summed E-state index contributed by atoms with van der Waals surface area (Å²) < 4.78 is 7.69. The number of β-amino-alcohol motifs (C(OH)–C–C–N with tert-alkyl or cyclic N) is 1. The van der Waals surface area contributed by atoms with Crippen LogP contribution in [0.15, 0.2) is 30.6 Å². The summed E-state index contributed by atoms with van der Waals surface area (Å²) >= 11 is 0. The lowest BCUT2D eigenvalue weighted by Crippen LogP contribution is -2.51. The highest BCUT2D eigenvalue weighted by Crippen LogP contribution is 2.31. The van der Waals surface area contributed by atoms with Gasteiger partial charge in [0.25, 0.3) is 5.91 Å². The Morgan fingerprint density at radius 2 is 2.19 bits per heavy atom. The molecule has 2 heterocycles. The first-order chi connectivity index (χ1) is 12.5. The Labute approximate surface area is 152 Å². The number of aliphatic hydroxyl groups is 1. The first kappa shape index (κ1) is 17.0. The van der Waals surface area contributed by atoms with Crippen molar-refractivity contribution < 1.29 is 14.6 Å². The molecule has 2 aliphatic rings. The second kappa shape index (κ2) is 6.72. The Morgan fingerprint density at radius 3 is 2.92 bits per heavy atom. The minimum Gasteiger partial charge on any atom is -0.490 e. The maximum Gasteiger partial charge on any atom is 0.257 e. The number of benzene rings is 1. The van der Waals surface area contributed by atoms with Gasteiger partial charge in [-0.15, -0.1) is 10.2 Å². The minimum atomic E-state index is -0.985. The molecule has 26 heavy (non-hydrogen) atoms. The largest absolute Gasteiger partial charge is 0.490 e. The van der Waals surface area contributed by atoms with Gasteiger partial charge >= 0.3 is 0 Å². The van der Waals surface area contributed by atoms with Gasteiger partial charge < -0.3 is 19.3 Å².